The molecule has 1 aliphatic rings. The number of carbonyl (C=O) groups is 2. The Balaban J connectivity index is 1.73. The van der Waals surface area contributed by atoms with Crippen molar-refractivity contribution in [1.29, 1.82) is 0 Å². The molecule has 0 aliphatic carbocycles. The van der Waals surface area contributed by atoms with Crippen LogP contribution < -0.4 is 4.90 Å². The Kier molecular flexibility index (Phi) is 7.17. The number of carbonyl (C=O) groups excluding carboxylic acids is 2. The number of piperazine rings is 1. The van der Waals surface area contributed by atoms with Gasteiger partial charge in [-0.25, -0.2) is 14.8 Å². The van der Waals surface area contributed by atoms with E-state index in [1.165, 1.54) is 4.90 Å². The Morgan fingerprint density at radius 1 is 1.09 bits per heavy atom. The molecule has 9 heteroatoms. The maximum atomic E-state index is 13.5. The molecule has 0 unspecified atom stereocenters. The fourth-order valence-electron chi connectivity index (χ4n) is 3.50. The molecule has 1 atom stereocenters. The van der Waals surface area contributed by atoms with Crippen LogP contribution in [0.2, 0.25) is 0 Å². The van der Waals surface area contributed by atoms with E-state index in [2.05, 4.69) is 9.97 Å². The Labute approximate surface area is 188 Å². The molecule has 1 aromatic heterocycles. The van der Waals surface area contributed by atoms with Crippen LogP contribution in [0.25, 0.3) is 0 Å². The molecule has 1 saturated heterocycles. The summed E-state index contributed by atoms with van der Waals surface area (Å²) in [7, 11) is 1.59. The van der Waals surface area contributed by atoms with Crippen LogP contribution in [0, 0.1) is 0 Å². The first-order valence-electron chi connectivity index (χ1n) is 10.7. The second-order valence-electron chi connectivity index (χ2n) is 8.84. The van der Waals surface area contributed by atoms with E-state index in [1.807, 2.05) is 4.90 Å². The zero-order valence-electron chi connectivity index (χ0n) is 19.1. The van der Waals surface area contributed by atoms with Gasteiger partial charge in [-0.1, -0.05) is 12.1 Å². The van der Waals surface area contributed by atoms with Crippen molar-refractivity contribution in [2.75, 3.05) is 38.1 Å². The Morgan fingerprint density at radius 2 is 1.69 bits per heavy atom. The first kappa shape index (κ1) is 23.3. The van der Waals surface area contributed by atoms with Crippen molar-refractivity contribution in [3.63, 3.8) is 0 Å². The third kappa shape index (κ3) is 6.09. The van der Waals surface area contributed by atoms with Crippen LogP contribution in [-0.4, -0.2) is 81.7 Å². The number of aromatic nitrogens is 2. The lowest BCUT2D eigenvalue weighted by Crippen LogP contribution is -2.56. The number of benzene rings is 1. The predicted octanol–water partition coefficient (Wildman–Crippen LogP) is 2.31. The van der Waals surface area contributed by atoms with Crippen molar-refractivity contribution in [3.05, 3.63) is 48.3 Å². The Hall–Kier alpha value is -3.36. The minimum absolute atomic E-state index is 0.139. The van der Waals surface area contributed by atoms with E-state index in [4.69, 9.17) is 4.74 Å². The zero-order chi connectivity index (χ0) is 23.3. The molecular formula is C23H31N5O4. The molecule has 0 radical (unpaired) electrons. The molecule has 1 N–H and O–H groups in total. The van der Waals surface area contributed by atoms with Crippen LogP contribution in [0.3, 0.4) is 0 Å². The number of anilines is 1. The van der Waals surface area contributed by atoms with Gasteiger partial charge in [-0.2, -0.15) is 0 Å². The molecule has 3 rings (SSSR count). The van der Waals surface area contributed by atoms with Crippen molar-refractivity contribution in [1.82, 2.24) is 19.8 Å². The highest BCUT2D eigenvalue weighted by Gasteiger charge is 2.34. The standard InChI is InChI=1S/C23H31N5O4/c1-23(2,3)32-22(31)26(4)19(16-17-6-8-18(29)9-7-17)20(30)27-12-14-28(15-13-27)21-24-10-5-11-25-21/h5-11,19,29H,12-16H2,1-4H3/t19-/m0/s1. The van der Waals surface area contributed by atoms with Crippen LogP contribution >= 0.6 is 0 Å². The van der Waals surface area contributed by atoms with E-state index < -0.39 is 17.7 Å². The summed E-state index contributed by atoms with van der Waals surface area (Å²) in [4.78, 5) is 40.0. The molecule has 1 aromatic carbocycles. The van der Waals surface area contributed by atoms with Crippen molar-refractivity contribution in [2.24, 2.45) is 0 Å². The molecule has 2 aromatic rings. The molecule has 172 valence electrons. The third-order valence-electron chi connectivity index (χ3n) is 5.23. The van der Waals surface area contributed by atoms with E-state index in [1.54, 1.807) is 75.4 Å². The summed E-state index contributed by atoms with van der Waals surface area (Å²) in [5.74, 6) is 0.655. The smallest absolute Gasteiger partial charge is 0.410 e. The highest BCUT2D eigenvalue weighted by Crippen LogP contribution is 2.19. The average Bonchev–Trinajstić information content (AvgIpc) is 2.77. The topological polar surface area (TPSA) is 99.1 Å². The van der Waals surface area contributed by atoms with Crippen molar-refractivity contribution < 1.29 is 19.4 Å². The van der Waals surface area contributed by atoms with E-state index >= 15 is 0 Å². The van der Waals surface area contributed by atoms with Gasteiger partial charge in [-0.05, 0) is 44.5 Å². The highest BCUT2D eigenvalue weighted by molar-refractivity contribution is 5.86. The van der Waals surface area contributed by atoms with E-state index in [-0.39, 0.29) is 11.7 Å². The van der Waals surface area contributed by atoms with E-state index in [0.717, 1.165) is 5.56 Å². The molecule has 0 bridgehead atoms. The summed E-state index contributed by atoms with van der Waals surface area (Å²) in [6, 6.07) is 7.69. The summed E-state index contributed by atoms with van der Waals surface area (Å²) in [5.41, 5.74) is 0.173. The number of ether oxygens (including phenoxy) is 1. The van der Waals surface area contributed by atoms with Gasteiger partial charge in [0.2, 0.25) is 11.9 Å². The van der Waals surface area contributed by atoms with Gasteiger partial charge in [-0.3, -0.25) is 9.69 Å². The number of nitrogens with zero attached hydrogens (tertiary/aromatic N) is 5. The third-order valence-corrected chi connectivity index (χ3v) is 5.23. The number of phenolic OH excluding ortho intramolecular Hbond substituents is 1. The Bertz CT molecular complexity index is 906. The second kappa shape index (κ2) is 9.84. The summed E-state index contributed by atoms with van der Waals surface area (Å²) < 4.78 is 5.50. The van der Waals surface area contributed by atoms with Gasteiger partial charge in [0.15, 0.2) is 0 Å². The minimum Gasteiger partial charge on any atom is -0.508 e. The lowest BCUT2D eigenvalue weighted by Gasteiger charge is -2.38. The van der Waals surface area contributed by atoms with Gasteiger partial charge in [0, 0.05) is 52.0 Å². The quantitative estimate of drug-likeness (QED) is 0.760. The first-order chi connectivity index (χ1) is 15.1. The maximum Gasteiger partial charge on any atom is 0.410 e. The van der Waals surface area contributed by atoms with Gasteiger partial charge in [0.05, 0.1) is 0 Å². The fourth-order valence-corrected chi connectivity index (χ4v) is 3.50. The second-order valence-corrected chi connectivity index (χ2v) is 8.84. The van der Waals surface area contributed by atoms with Gasteiger partial charge in [-0.15, -0.1) is 0 Å². The lowest BCUT2D eigenvalue weighted by molar-refractivity contribution is -0.136. The summed E-state index contributed by atoms with van der Waals surface area (Å²) >= 11 is 0. The van der Waals surface area contributed by atoms with Crippen LogP contribution in [0.5, 0.6) is 5.75 Å². The number of rotatable bonds is 5. The SMILES string of the molecule is CN(C(=O)OC(C)(C)C)[C@@H](Cc1ccc(O)cc1)C(=O)N1CCN(c2ncccn2)CC1. The molecule has 1 aliphatic heterocycles. The predicted molar refractivity (Wildman–Crippen MR) is 120 cm³/mol. The Morgan fingerprint density at radius 3 is 2.25 bits per heavy atom. The summed E-state index contributed by atoms with van der Waals surface area (Å²) in [6.07, 6.45) is 3.16. The average molecular weight is 442 g/mol. The minimum atomic E-state index is -0.728. The normalized spacial score (nSPS) is 15.2. The maximum absolute atomic E-state index is 13.5. The van der Waals surface area contributed by atoms with Crippen LogP contribution in [-0.2, 0) is 16.0 Å². The van der Waals surface area contributed by atoms with Gasteiger partial charge >= 0.3 is 6.09 Å². The first-order valence-corrected chi connectivity index (χ1v) is 10.7. The van der Waals surface area contributed by atoms with E-state index in [0.29, 0.717) is 38.5 Å². The van der Waals surface area contributed by atoms with Crippen molar-refractivity contribution in [2.45, 2.75) is 38.8 Å². The number of likely N-dealkylation sites (N-methyl/N-ethyl adjacent to an activating group) is 1. The number of aromatic hydroxyl groups is 1. The van der Waals surface area contributed by atoms with Crippen LogP contribution in [0.15, 0.2) is 42.7 Å². The largest absolute Gasteiger partial charge is 0.508 e. The van der Waals surface area contributed by atoms with E-state index in [9.17, 15) is 14.7 Å². The number of hydrogen-bond donors (Lipinski definition) is 1. The number of phenols is 1. The number of hydrogen-bond acceptors (Lipinski definition) is 7. The monoisotopic (exact) mass is 441 g/mol. The zero-order valence-corrected chi connectivity index (χ0v) is 19.1. The van der Waals surface area contributed by atoms with Gasteiger partial charge in [0.1, 0.15) is 17.4 Å². The van der Waals surface area contributed by atoms with Gasteiger partial charge in [0.25, 0.3) is 0 Å². The molecule has 9 nitrogen and oxygen atoms in total. The molecular weight excluding hydrogens is 410 g/mol. The van der Waals surface area contributed by atoms with Crippen LogP contribution in [0.4, 0.5) is 10.7 Å². The fraction of sp³-hybridized carbons (Fsp3) is 0.478. The van der Waals surface area contributed by atoms with Crippen LogP contribution in [0.1, 0.15) is 26.3 Å². The lowest BCUT2D eigenvalue weighted by atomic mass is 10.0. The molecule has 32 heavy (non-hydrogen) atoms. The molecule has 2 heterocycles. The summed E-state index contributed by atoms with van der Waals surface area (Å²) in [5, 5.41) is 9.57. The number of amides is 2. The van der Waals surface area contributed by atoms with Gasteiger partial charge < -0.3 is 19.6 Å². The van der Waals surface area contributed by atoms with Crippen molar-refractivity contribution >= 4 is 17.9 Å². The molecule has 0 spiro atoms. The highest BCUT2D eigenvalue weighted by atomic mass is 16.6. The summed E-state index contributed by atoms with van der Waals surface area (Å²) in [6.45, 7) is 7.60. The van der Waals surface area contributed by atoms with Crippen molar-refractivity contribution in [3.8, 4) is 5.75 Å². The molecule has 0 saturated carbocycles. The molecule has 1 fully saturated rings. The molecule has 2 amide bonds.